The van der Waals surface area contributed by atoms with E-state index in [-0.39, 0.29) is 35.2 Å². The summed E-state index contributed by atoms with van der Waals surface area (Å²) in [4.78, 5) is 30.5. The van der Waals surface area contributed by atoms with Gasteiger partial charge < -0.3 is 24.7 Å². The van der Waals surface area contributed by atoms with E-state index in [4.69, 9.17) is 4.84 Å². The van der Waals surface area contributed by atoms with E-state index in [2.05, 4.69) is 10.5 Å². The number of aromatic nitrogens is 1. The van der Waals surface area contributed by atoms with Crippen LogP contribution in [0.5, 0.6) is 0 Å². The molecule has 0 radical (unpaired) electrons. The zero-order valence-corrected chi connectivity index (χ0v) is 16.6. The highest BCUT2D eigenvalue weighted by atomic mass is 19.1. The van der Waals surface area contributed by atoms with Crippen molar-refractivity contribution >= 4 is 28.3 Å². The molecule has 1 unspecified atom stereocenters. The van der Waals surface area contributed by atoms with Crippen LogP contribution in [0.4, 0.5) is 14.5 Å². The summed E-state index contributed by atoms with van der Waals surface area (Å²) in [5, 5.41) is 16.2. The summed E-state index contributed by atoms with van der Waals surface area (Å²) in [7, 11) is 3.18. The lowest BCUT2D eigenvalue weighted by molar-refractivity contribution is 0.0694. The number of pyridine rings is 1. The first-order chi connectivity index (χ1) is 14.4. The maximum absolute atomic E-state index is 15.7. The van der Waals surface area contributed by atoms with Crippen molar-refractivity contribution in [3.63, 3.8) is 0 Å². The highest BCUT2D eigenvalue weighted by molar-refractivity contribution is 5.96. The van der Waals surface area contributed by atoms with Crippen LogP contribution >= 0.6 is 0 Å². The Morgan fingerprint density at radius 2 is 2.07 bits per heavy atom. The second-order valence-corrected chi connectivity index (χ2v) is 7.55. The molecule has 1 aliphatic heterocycles. The van der Waals surface area contributed by atoms with Crippen molar-refractivity contribution in [3.05, 3.63) is 39.7 Å². The van der Waals surface area contributed by atoms with Gasteiger partial charge in [-0.2, -0.15) is 0 Å². The molecule has 1 aliphatic carbocycles. The number of benzene rings is 1. The van der Waals surface area contributed by atoms with Gasteiger partial charge in [-0.05, 0) is 32.4 Å². The van der Waals surface area contributed by atoms with Gasteiger partial charge in [0.1, 0.15) is 24.2 Å². The van der Waals surface area contributed by atoms with E-state index in [0.29, 0.717) is 18.7 Å². The van der Waals surface area contributed by atoms with Crippen molar-refractivity contribution in [3.8, 4) is 0 Å². The third-order valence-corrected chi connectivity index (χ3v) is 5.67. The summed E-state index contributed by atoms with van der Waals surface area (Å²) < 4.78 is 32.2. The number of aromatic carboxylic acids is 1. The number of anilines is 1. The van der Waals surface area contributed by atoms with Crippen LogP contribution in [0.1, 0.15) is 35.7 Å². The van der Waals surface area contributed by atoms with E-state index < -0.39 is 28.6 Å². The number of halogens is 2. The molecule has 30 heavy (non-hydrogen) atoms. The Balaban J connectivity index is 1.89. The Kier molecular flexibility index (Phi) is 5.19. The number of hydrogen-bond donors (Lipinski definition) is 2. The van der Waals surface area contributed by atoms with Crippen LogP contribution in [0.2, 0.25) is 0 Å². The number of nitrogens with zero attached hydrogens (tertiary/aromatic N) is 3. The van der Waals surface area contributed by atoms with Gasteiger partial charge in [0, 0.05) is 18.8 Å². The Hall–Kier alpha value is -3.01. The molecule has 0 spiro atoms. The highest BCUT2D eigenvalue weighted by Crippen LogP contribution is 2.39. The predicted molar refractivity (Wildman–Crippen MR) is 107 cm³/mol. The predicted octanol–water partition coefficient (Wildman–Crippen LogP) is 2.11. The normalized spacial score (nSPS) is 20.7. The van der Waals surface area contributed by atoms with Gasteiger partial charge in [0.2, 0.25) is 5.43 Å². The topological polar surface area (TPSA) is 96.2 Å². The van der Waals surface area contributed by atoms with Crippen LogP contribution < -0.4 is 15.6 Å². The van der Waals surface area contributed by atoms with E-state index in [0.717, 1.165) is 18.9 Å². The third-order valence-electron chi connectivity index (χ3n) is 5.67. The van der Waals surface area contributed by atoms with Crippen molar-refractivity contribution in [2.24, 2.45) is 5.16 Å². The Morgan fingerprint density at radius 3 is 2.67 bits per heavy atom. The molecule has 8 nitrogen and oxygen atoms in total. The van der Waals surface area contributed by atoms with Gasteiger partial charge >= 0.3 is 5.97 Å². The fourth-order valence-corrected chi connectivity index (χ4v) is 4.06. The lowest BCUT2D eigenvalue weighted by Crippen LogP contribution is -2.49. The minimum atomic E-state index is -1.42. The molecular weight excluding hydrogens is 398 g/mol. The van der Waals surface area contributed by atoms with Crippen LogP contribution in [0, 0.1) is 11.6 Å². The first-order valence-corrected chi connectivity index (χ1v) is 9.69. The number of hydrogen-bond acceptors (Lipinski definition) is 6. The molecule has 160 valence electrons. The lowest BCUT2D eigenvalue weighted by Gasteiger charge is -2.34. The highest BCUT2D eigenvalue weighted by Gasteiger charge is 2.33. The Bertz CT molecular complexity index is 1110. The van der Waals surface area contributed by atoms with Gasteiger partial charge in [-0.3, -0.25) is 4.79 Å². The first kappa shape index (κ1) is 20.3. The standard InChI is InChI=1S/C20H22F2N4O4/c1-23-14-5-6-25(9-15(14)24-30-2)18-13(21)7-11-17(16(18)22)26(10-3-4-10)8-12(19(11)27)20(28)29/h7-8,10,14,23H,3-6,9H2,1-2H3,(H,28,29)/b24-15-. The fraction of sp³-hybridized carbons (Fsp3) is 0.450. The first-order valence-electron chi connectivity index (χ1n) is 9.69. The number of carbonyl (C=O) groups is 1. The van der Waals surface area contributed by atoms with Crippen LogP contribution in [0.15, 0.2) is 22.2 Å². The maximum atomic E-state index is 15.7. The average molecular weight is 420 g/mol. The maximum Gasteiger partial charge on any atom is 0.341 e. The van der Waals surface area contributed by atoms with E-state index in [1.807, 2.05) is 0 Å². The van der Waals surface area contributed by atoms with Crippen LogP contribution in [-0.2, 0) is 4.84 Å². The minimum absolute atomic E-state index is 0.0649. The largest absolute Gasteiger partial charge is 0.477 e. The lowest BCUT2D eigenvalue weighted by atomic mass is 10.0. The number of oxime groups is 1. The summed E-state index contributed by atoms with van der Waals surface area (Å²) in [5.74, 6) is -3.21. The summed E-state index contributed by atoms with van der Waals surface area (Å²) in [6, 6.07) is 0.758. The molecule has 1 atom stereocenters. The summed E-state index contributed by atoms with van der Waals surface area (Å²) in [6.07, 6.45) is 3.20. The minimum Gasteiger partial charge on any atom is -0.477 e. The summed E-state index contributed by atoms with van der Waals surface area (Å²) in [6.45, 7) is 0.522. The molecule has 1 saturated heterocycles. The molecule has 2 aromatic rings. The number of piperidine rings is 1. The quantitative estimate of drug-likeness (QED) is 0.720. The number of nitrogens with one attached hydrogen (secondary N) is 1. The van der Waals surface area contributed by atoms with Gasteiger partial charge in [-0.15, -0.1) is 0 Å². The number of fused-ring (bicyclic) bond motifs is 1. The van der Waals surface area contributed by atoms with Gasteiger partial charge in [-0.1, -0.05) is 5.16 Å². The number of rotatable bonds is 5. The Labute approximate surface area is 170 Å². The van der Waals surface area contributed by atoms with Crippen LogP contribution in [0.25, 0.3) is 10.9 Å². The van der Waals surface area contributed by atoms with E-state index in [1.165, 1.54) is 22.8 Å². The van der Waals surface area contributed by atoms with Crippen molar-refractivity contribution in [2.45, 2.75) is 31.3 Å². The van der Waals surface area contributed by atoms with Gasteiger partial charge in [0.15, 0.2) is 5.82 Å². The molecule has 1 aromatic heterocycles. The van der Waals surface area contributed by atoms with E-state index in [1.54, 1.807) is 7.05 Å². The number of carboxylic acids is 1. The SMILES string of the molecule is CNC1CCN(c2c(F)cc3c(=O)c(C(=O)O)cn(C4CC4)c3c2F)C/C1=N/OC. The molecule has 2 aliphatic rings. The van der Waals surface area contributed by atoms with E-state index >= 15 is 8.78 Å². The van der Waals surface area contributed by atoms with Crippen molar-refractivity contribution in [1.82, 2.24) is 9.88 Å². The second kappa shape index (κ2) is 7.67. The fourth-order valence-electron chi connectivity index (χ4n) is 4.06. The smallest absolute Gasteiger partial charge is 0.341 e. The molecule has 10 heteroatoms. The average Bonchev–Trinajstić information content (AvgIpc) is 3.54. The molecule has 0 amide bonds. The zero-order chi connectivity index (χ0) is 21.6. The number of carboxylic acid groups (broad SMARTS) is 1. The summed E-state index contributed by atoms with van der Waals surface area (Å²) >= 11 is 0. The van der Waals surface area contributed by atoms with Gasteiger partial charge in [0.05, 0.1) is 29.2 Å². The van der Waals surface area contributed by atoms with Crippen molar-refractivity contribution in [2.75, 3.05) is 32.1 Å². The molecule has 2 heterocycles. The third kappa shape index (κ3) is 3.30. The summed E-state index contributed by atoms with van der Waals surface area (Å²) in [5.41, 5.74) is -1.10. The monoisotopic (exact) mass is 420 g/mol. The van der Waals surface area contributed by atoms with E-state index in [9.17, 15) is 14.7 Å². The molecule has 1 aromatic carbocycles. The second-order valence-electron chi connectivity index (χ2n) is 7.55. The van der Waals surface area contributed by atoms with Gasteiger partial charge in [0.25, 0.3) is 0 Å². The molecule has 2 fully saturated rings. The van der Waals surface area contributed by atoms with Crippen molar-refractivity contribution < 1.29 is 23.5 Å². The van der Waals surface area contributed by atoms with Crippen LogP contribution in [0.3, 0.4) is 0 Å². The molecule has 1 saturated carbocycles. The zero-order valence-electron chi connectivity index (χ0n) is 16.6. The molecule has 4 rings (SSSR count). The molecule has 0 bridgehead atoms. The molecule has 2 N–H and O–H groups in total. The van der Waals surface area contributed by atoms with Crippen LogP contribution in [-0.4, -0.2) is 54.6 Å². The molecular formula is C20H22F2N4O4. The van der Waals surface area contributed by atoms with Crippen molar-refractivity contribution in [1.29, 1.82) is 0 Å². The van der Waals surface area contributed by atoms with Gasteiger partial charge in [-0.25, -0.2) is 13.6 Å². The Morgan fingerprint density at radius 1 is 1.33 bits per heavy atom.